The standard InChI is InChI=1S/C38H28N2O2.2BrH.Fe/c1-3-13-27(14-4-1)33-23-41-37(39-33)31-21-19-25-11-7-9-17-29(25)35(31)36-30-18-10-8-12-26(30)20-22-32(36)38-40-34(24-42-38)28-15-5-2-6-16-28;;;/h1-22,33-34H,23-24H2;2*1H;/q;;;+2/p-2. The summed E-state index contributed by atoms with van der Waals surface area (Å²) in [7, 11) is 0. The van der Waals surface area contributed by atoms with Crippen molar-refractivity contribution >= 4 is 61.6 Å². The fraction of sp³-hybridized carbons (Fsp3) is 0.105. The normalized spacial score (nSPS) is 17.3. The molecule has 6 aromatic rings. The van der Waals surface area contributed by atoms with Gasteiger partial charge >= 0.3 is 39.6 Å². The third kappa shape index (κ3) is 6.10. The zero-order valence-corrected chi connectivity index (χ0v) is 28.4. The second-order valence-electron chi connectivity index (χ2n) is 10.8. The second kappa shape index (κ2) is 13.7. The van der Waals surface area contributed by atoms with Crippen LogP contribution in [0.5, 0.6) is 0 Å². The minimum Gasteiger partial charge on any atom is -0.475 e. The quantitative estimate of drug-likeness (QED) is 0.164. The third-order valence-corrected chi connectivity index (χ3v) is 8.24. The SMILES string of the molecule is [Br][Fe][Br].c1ccc(C2COC(c3ccc4ccccc4c3-c3c(C4=NC(c5ccccc5)CO4)ccc4ccccc34)=N2)cc1. The Balaban J connectivity index is 0.00000104. The van der Waals surface area contributed by atoms with Gasteiger partial charge in [0.25, 0.3) is 0 Å². The van der Waals surface area contributed by atoms with Gasteiger partial charge in [0.05, 0.1) is 0 Å². The zero-order chi connectivity index (χ0) is 30.6. The first kappa shape index (κ1) is 29.9. The Hall–Kier alpha value is -3.74. The van der Waals surface area contributed by atoms with Gasteiger partial charge in [-0.2, -0.15) is 0 Å². The molecule has 4 nitrogen and oxygen atoms in total. The van der Waals surface area contributed by atoms with Crippen molar-refractivity contribution in [1.82, 2.24) is 0 Å². The molecule has 0 radical (unpaired) electrons. The number of aliphatic imine (C=N–C) groups is 2. The van der Waals surface area contributed by atoms with Gasteiger partial charge in [0.1, 0.15) is 25.3 Å². The van der Waals surface area contributed by atoms with Crippen molar-refractivity contribution in [2.24, 2.45) is 9.98 Å². The number of fused-ring (bicyclic) bond motifs is 2. The molecule has 45 heavy (non-hydrogen) atoms. The smallest absolute Gasteiger partial charge is 0.217 e. The Kier molecular flexibility index (Phi) is 9.13. The van der Waals surface area contributed by atoms with Crippen LogP contribution in [0.4, 0.5) is 0 Å². The fourth-order valence-corrected chi connectivity index (χ4v) is 6.17. The maximum absolute atomic E-state index is 6.36. The first-order chi connectivity index (χ1) is 22.2. The summed E-state index contributed by atoms with van der Waals surface area (Å²) in [5.41, 5.74) is 6.43. The molecule has 6 aromatic carbocycles. The molecule has 0 N–H and O–H groups in total. The minimum absolute atomic E-state index is 0.0401. The topological polar surface area (TPSA) is 43.2 Å². The van der Waals surface area contributed by atoms with Crippen LogP contribution in [0.2, 0.25) is 0 Å². The molecule has 0 spiro atoms. The van der Waals surface area contributed by atoms with Crippen LogP contribution in [0, 0.1) is 0 Å². The van der Waals surface area contributed by atoms with Crippen LogP contribution in [0.3, 0.4) is 0 Å². The molecule has 8 rings (SSSR count). The van der Waals surface area contributed by atoms with E-state index >= 15 is 0 Å². The Morgan fingerprint density at radius 2 is 0.867 bits per heavy atom. The maximum Gasteiger partial charge on any atom is 0.217 e. The van der Waals surface area contributed by atoms with Crippen LogP contribution in [0.25, 0.3) is 32.7 Å². The molecule has 2 aliphatic heterocycles. The molecule has 7 heteroatoms. The van der Waals surface area contributed by atoms with Crippen LogP contribution >= 0.6 is 28.2 Å². The Morgan fingerprint density at radius 1 is 0.489 bits per heavy atom. The first-order valence-corrected chi connectivity index (χ1v) is 20.1. The molecule has 2 atom stereocenters. The molecular weight excluding hydrogens is 732 g/mol. The molecule has 2 heterocycles. The minimum atomic E-state index is -0.0401. The predicted molar refractivity (Wildman–Crippen MR) is 188 cm³/mol. The molecule has 0 fully saturated rings. The van der Waals surface area contributed by atoms with Gasteiger partial charge in [0.15, 0.2) is 0 Å². The molecule has 0 saturated heterocycles. The van der Waals surface area contributed by atoms with Crippen LogP contribution in [-0.2, 0) is 20.8 Å². The van der Waals surface area contributed by atoms with Crippen LogP contribution < -0.4 is 0 Å². The number of rotatable bonds is 5. The molecule has 0 aliphatic carbocycles. The number of ether oxygens (including phenoxy) is 2. The monoisotopic (exact) mass is 758 g/mol. The van der Waals surface area contributed by atoms with Crippen LogP contribution in [0.15, 0.2) is 143 Å². The summed E-state index contributed by atoms with van der Waals surface area (Å²) in [6.07, 6.45) is 0. The molecular formula is C38H28Br2FeN2O2. The molecule has 224 valence electrons. The molecule has 0 aromatic heterocycles. The van der Waals surface area contributed by atoms with Gasteiger partial charge in [-0.25, -0.2) is 9.98 Å². The Morgan fingerprint density at radius 3 is 1.29 bits per heavy atom. The first-order valence-electron chi connectivity index (χ1n) is 14.7. The van der Waals surface area contributed by atoms with Crippen molar-refractivity contribution < 1.29 is 20.8 Å². The summed E-state index contributed by atoms with van der Waals surface area (Å²) in [4.78, 5) is 10.2. The van der Waals surface area contributed by atoms with Gasteiger partial charge in [-0.15, -0.1) is 0 Å². The molecule has 2 aliphatic rings. The van der Waals surface area contributed by atoms with Crippen molar-refractivity contribution in [1.29, 1.82) is 0 Å². The van der Waals surface area contributed by atoms with Crippen molar-refractivity contribution in [3.05, 3.63) is 156 Å². The van der Waals surface area contributed by atoms with E-state index < -0.39 is 0 Å². The largest absolute Gasteiger partial charge is 0.475 e. The molecule has 0 bridgehead atoms. The number of halogens is 2. The van der Waals surface area contributed by atoms with Gasteiger partial charge in [-0.05, 0) is 44.8 Å². The van der Waals surface area contributed by atoms with Crippen molar-refractivity contribution in [2.45, 2.75) is 12.1 Å². The van der Waals surface area contributed by atoms with Crippen LogP contribution in [-0.4, -0.2) is 25.0 Å². The van der Waals surface area contributed by atoms with E-state index in [4.69, 9.17) is 19.5 Å². The Labute approximate surface area is 282 Å². The predicted octanol–water partition coefficient (Wildman–Crippen LogP) is 10.4. The zero-order valence-electron chi connectivity index (χ0n) is 24.1. The number of hydrogen-bond donors (Lipinski definition) is 0. The summed E-state index contributed by atoms with van der Waals surface area (Å²) in [6.45, 7) is 1.03. The average molecular weight is 760 g/mol. The third-order valence-electron chi connectivity index (χ3n) is 8.24. The van der Waals surface area contributed by atoms with E-state index in [0.717, 1.165) is 66.3 Å². The van der Waals surface area contributed by atoms with E-state index in [-0.39, 0.29) is 12.1 Å². The number of benzene rings is 6. The van der Waals surface area contributed by atoms with Gasteiger partial charge in [-0.1, -0.05) is 121 Å². The van der Waals surface area contributed by atoms with Crippen molar-refractivity contribution in [3.63, 3.8) is 0 Å². The van der Waals surface area contributed by atoms with Crippen molar-refractivity contribution in [3.8, 4) is 11.1 Å². The summed E-state index contributed by atoms with van der Waals surface area (Å²) < 4.78 is 12.7. The van der Waals surface area contributed by atoms with Crippen LogP contribution in [0.1, 0.15) is 34.3 Å². The van der Waals surface area contributed by atoms with Gasteiger partial charge in [0.2, 0.25) is 11.8 Å². The van der Waals surface area contributed by atoms with E-state index in [1.807, 2.05) is 12.1 Å². The summed E-state index contributed by atoms with van der Waals surface area (Å²) >= 11 is 7.00. The maximum atomic E-state index is 6.36. The van der Waals surface area contributed by atoms with Gasteiger partial charge < -0.3 is 9.47 Å². The summed E-state index contributed by atoms with van der Waals surface area (Å²) in [6, 6.07) is 46.3. The van der Waals surface area contributed by atoms with E-state index in [0.29, 0.717) is 25.0 Å². The number of nitrogens with zero attached hydrogens (tertiary/aromatic N) is 2. The molecule has 2 unspecified atom stereocenters. The molecule has 0 saturated carbocycles. The van der Waals surface area contributed by atoms with E-state index in [2.05, 4.69) is 150 Å². The van der Waals surface area contributed by atoms with E-state index in [9.17, 15) is 0 Å². The summed E-state index contributed by atoms with van der Waals surface area (Å²) in [5.74, 6) is 1.33. The van der Waals surface area contributed by atoms with Crippen molar-refractivity contribution in [2.75, 3.05) is 13.2 Å². The molecule has 0 amide bonds. The van der Waals surface area contributed by atoms with Gasteiger partial charge in [0, 0.05) is 22.3 Å². The second-order valence-corrected chi connectivity index (χ2v) is 16.4. The van der Waals surface area contributed by atoms with E-state index in [1.54, 1.807) is 0 Å². The summed E-state index contributed by atoms with van der Waals surface area (Å²) in [5, 5.41) is 4.59. The van der Waals surface area contributed by atoms with Gasteiger partial charge in [-0.3, -0.25) is 0 Å². The average Bonchev–Trinajstić information content (AvgIpc) is 3.80. The Bertz CT molecular complexity index is 1890. The van der Waals surface area contributed by atoms with E-state index in [1.165, 1.54) is 0 Å². The number of hydrogen-bond acceptors (Lipinski definition) is 4. The fourth-order valence-electron chi connectivity index (χ4n) is 6.17.